The van der Waals surface area contributed by atoms with Gasteiger partial charge >= 0.3 is 24.1 Å². The molecule has 1 unspecified atom stereocenters. The molecular weight excluding hydrogens is 724 g/mol. The van der Waals surface area contributed by atoms with Gasteiger partial charge in [0.2, 0.25) is 0 Å². The molecule has 4 aliphatic rings. The molecule has 3 aliphatic heterocycles. The van der Waals surface area contributed by atoms with E-state index in [0.717, 1.165) is 27.8 Å². The summed E-state index contributed by atoms with van der Waals surface area (Å²) in [5.74, 6) is -1.45. The van der Waals surface area contributed by atoms with Gasteiger partial charge in [0.05, 0.1) is 6.61 Å². The summed E-state index contributed by atoms with van der Waals surface area (Å²) < 4.78 is 33.8. The highest BCUT2D eigenvalue weighted by molar-refractivity contribution is 5.99. The smallest absolute Gasteiger partial charge is 0.411 e. The average Bonchev–Trinajstić information content (AvgIpc) is 3.73. The lowest BCUT2D eigenvalue weighted by molar-refractivity contribution is -0.159. The number of likely N-dealkylation sites (tertiary alicyclic amines) is 2. The molecule has 2 aromatic rings. The van der Waals surface area contributed by atoms with Crippen molar-refractivity contribution in [3.63, 3.8) is 0 Å². The Balaban J connectivity index is 1.10. The number of Topliss-reactive ketones (excluding diaryl/α,β-unsaturated/α-hetero) is 2. The lowest BCUT2D eigenvalue weighted by Crippen LogP contribution is -2.46. The summed E-state index contributed by atoms with van der Waals surface area (Å²) in [6, 6.07) is 7.22. The second-order valence-electron chi connectivity index (χ2n) is 17.2. The molecule has 3 heterocycles. The minimum absolute atomic E-state index is 0.00834. The van der Waals surface area contributed by atoms with Crippen molar-refractivity contribution in [3.05, 3.63) is 52.6 Å². The highest BCUT2D eigenvalue weighted by Gasteiger charge is 2.45. The van der Waals surface area contributed by atoms with Gasteiger partial charge in [-0.2, -0.15) is 0 Å². The van der Waals surface area contributed by atoms with Crippen molar-refractivity contribution in [2.24, 2.45) is 11.8 Å². The average molecular weight is 777 g/mol. The quantitative estimate of drug-likeness (QED) is 0.189. The maximum atomic E-state index is 13.5. The Bertz CT molecular complexity index is 1910. The van der Waals surface area contributed by atoms with Gasteiger partial charge in [-0.05, 0) is 83.1 Å². The number of hydrogen-bond acceptors (Lipinski definition) is 12. The minimum Gasteiger partial charge on any atom is -0.488 e. The van der Waals surface area contributed by atoms with Crippen molar-refractivity contribution in [1.82, 2.24) is 9.80 Å². The van der Waals surface area contributed by atoms with Crippen LogP contribution in [0.2, 0.25) is 0 Å². The topological polar surface area (TPSA) is 164 Å². The van der Waals surface area contributed by atoms with E-state index < -0.39 is 65.9 Å². The van der Waals surface area contributed by atoms with Crippen molar-refractivity contribution < 1.29 is 57.2 Å². The first-order chi connectivity index (χ1) is 26.3. The lowest BCUT2D eigenvalue weighted by atomic mass is 9.84. The first-order valence-corrected chi connectivity index (χ1v) is 19.1. The van der Waals surface area contributed by atoms with Crippen LogP contribution in [0.3, 0.4) is 0 Å². The van der Waals surface area contributed by atoms with Gasteiger partial charge in [0.25, 0.3) is 0 Å². The molecular formula is C42H52N2O12. The Morgan fingerprint density at radius 1 is 0.821 bits per heavy atom. The molecule has 56 heavy (non-hydrogen) atoms. The van der Waals surface area contributed by atoms with E-state index in [4.69, 9.17) is 28.4 Å². The largest absolute Gasteiger partial charge is 0.488 e. The molecule has 2 aromatic carbocycles. The zero-order chi connectivity index (χ0) is 40.7. The van der Waals surface area contributed by atoms with E-state index in [2.05, 4.69) is 0 Å². The predicted molar refractivity (Wildman–Crippen MR) is 201 cm³/mol. The van der Waals surface area contributed by atoms with Gasteiger partial charge in [-0.1, -0.05) is 31.2 Å². The number of esters is 2. The number of carbonyl (C=O) groups excluding carboxylic acids is 6. The minimum atomic E-state index is -1.02. The second-order valence-corrected chi connectivity index (χ2v) is 17.2. The van der Waals surface area contributed by atoms with Crippen LogP contribution in [0.4, 0.5) is 9.59 Å². The highest BCUT2D eigenvalue weighted by atomic mass is 16.6. The van der Waals surface area contributed by atoms with Gasteiger partial charge in [-0.15, -0.1) is 0 Å². The number of ketones is 2. The zero-order valence-corrected chi connectivity index (χ0v) is 33.4. The van der Waals surface area contributed by atoms with Gasteiger partial charge in [-0.3, -0.25) is 19.4 Å². The van der Waals surface area contributed by atoms with Crippen LogP contribution in [-0.2, 0) is 57.5 Å². The fraction of sp³-hybridized carbons (Fsp3) is 0.571. The molecule has 6 rings (SSSR count). The maximum absolute atomic E-state index is 13.5. The molecule has 2 fully saturated rings. The molecule has 0 saturated carbocycles. The van der Waals surface area contributed by atoms with Gasteiger partial charge < -0.3 is 28.4 Å². The maximum Gasteiger partial charge on any atom is 0.411 e. The molecule has 0 bridgehead atoms. The van der Waals surface area contributed by atoms with Gasteiger partial charge in [-0.25, -0.2) is 19.2 Å². The van der Waals surface area contributed by atoms with Crippen LogP contribution in [0.15, 0.2) is 30.3 Å². The van der Waals surface area contributed by atoms with Crippen LogP contribution >= 0.6 is 0 Å². The van der Waals surface area contributed by atoms with Crippen LogP contribution < -0.4 is 4.74 Å². The van der Waals surface area contributed by atoms with Gasteiger partial charge in [0.15, 0.2) is 24.3 Å². The third-order valence-corrected chi connectivity index (χ3v) is 10.3. The number of rotatable bonds is 8. The van der Waals surface area contributed by atoms with Crippen LogP contribution in [0, 0.1) is 11.8 Å². The number of hydrogen-bond donors (Lipinski definition) is 0. The number of amides is 2. The van der Waals surface area contributed by atoms with E-state index in [1.807, 2.05) is 25.1 Å². The number of ether oxygens (including phenoxy) is 6. The summed E-state index contributed by atoms with van der Waals surface area (Å²) in [6.45, 7) is 13.1. The normalized spacial score (nSPS) is 23.0. The number of methoxy groups -OCH3 is 1. The number of benzene rings is 2. The van der Waals surface area contributed by atoms with Crippen LogP contribution in [0.5, 0.6) is 5.75 Å². The Hall–Kier alpha value is -4.98. The summed E-state index contributed by atoms with van der Waals surface area (Å²) in [6.07, 6.45) is -1.35. The fourth-order valence-corrected chi connectivity index (χ4v) is 7.79. The van der Waals surface area contributed by atoms with E-state index in [9.17, 15) is 28.8 Å². The summed E-state index contributed by atoms with van der Waals surface area (Å²) in [7, 11) is 1.56. The first-order valence-electron chi connectivity index (χ1n) is 19.1. The number of fused-ring (bicyclic) bond motifs is 5. The Morgan fingerprint density at radius 3 is 2.12 bits per heavy atom. The third-order valence-electron chi connectivity index (χ3n) is 10.3. The van der Waals surface area contributed by atoms with E-state index in [1.165, 1.54) is 9.80 Å². The van der Waals surface area contributed by atoms with Gasteiger partial charge in [0, 0.05) is 55.6 Å². The summed E-state index contributed by atoms with van der Waals surface area (Å²) in [5, 5.41) is 0. The van der Waals surface area contributed by atoms with Crippen LogP contribution in [0.1, 0.15) is 88.4 Å². The summed E-state index contributed by atoms with van der Waals surface area (Å²) >= 11 is 0. The van der Waals surface area contributed by atoms with Crippen molar-refractivity contribution >= 4 is 35.7 Å². The lowest BCUT2D eigenvalue weighted by Gasteiger charge is -2.31. The molecule has 0 N–H and O–H groups in total. The predicted octanol–water partition coefficient (Wildman–Crippen LogP) is 5.47. The van der Waals surface area contributed by atoms with Crippen molar-refractivity contribution in [1.29, 1.82) is 0 Å². The Labute approximate surface area is 327 Å². The van der Waals surface area contributed by atoms with E-state index >= 15 is 0 Å². The molecule has 2 amide bonds. The molecule has 14 nitrogen and oxygen atoms in total. The molecule has 5 atom stereocenters. The number of nitrogens with zero attached hydrogens (tertiary/aromatic N) is 2. The standard InChI is InChI=1S/C42H52N2O12/c1-23-13-31(43(18-23)39(49)55-41(2,3)4)37(47)53-22-34(46)26-10-11-28-27(15-26)21-52-36-29(28)12-9-25-16-35(33(45)17-30(25)36)54-38(48)32-14-24(20-51-8)19-44(32)40(50)56-42(5,6)7/h9-12,15,23-24,31-32,35H,13-14,16-22H2,1-8H3/t23-,24-,31-,32-,35?/m0/s1. The first kappa shape index (κ1) is 40.7. The second kappa shape index (κ2) is 15.9. The van der Waals surface area contributed by atoms with E-state index in [1.54, 1.807) is 60.8 Å². The molecule has 302 valence electrons. The summed E-state index contributed by atoms with van der Waals surface area (Å²) in [5.41, 5.74) is 2.75. The van der Waals surface area contributed by atoms with Gasteiger partial charge in [0.1, 0.15) is 35.6 Å². The molecule has 2 saturated heterocycles. The molecule has 0 radical (unpaired) electrons. The molecule has 14 heteroatoms. The van der Waals surface area contributed by atoms with Crippen molar-refractivity contribution in [2.45, 2.75) is 110 Å². The SMILES string of the molecule is COC[C@H]1C[C@@H](C(=O)OC2Cc3ccc4c(c3CC2=O)OCc2cc(C(=O)COC(=O)[C@@H]3C[C@H](C)CN3C(=O)OC(C)(C)C)ccc2-4)N(C(=O)OC(C)(C)C)C1. The van der Waals surface area contributed by atoms with E-state index in [-0.39, 0.29) is 43.6 Å². The highest BCUT2D eigenvalue weighted by Crippen LogP contribution is 2.43. The molecule has 0 aromatic heterocycles. The van der Waals surface area contributed by atoms with E-state index in [0.29, 0.717) is 37.3 Å². The summed E-state index contributed by atoms with van der Waals surface area (Å²) in [4.78, 5) is 81.8. The zero-order valence-electron chi connectivity index (χ0n) is 33.4. The molecule has 0 spiro atoms. The Morgan fingerprint density at radius 2 is 1.46 bits per heavy atom. The fourth-order valence-electron chi connectivity index (χ4n) is 7.79. The Kier molecular flexibility index (Phi) is 11.5. The van der Waals surface area contributed by atoms with Crippen molar-refractivity contribution in [2.75, 3.05) is 33.4 Å². The monoisotopic (exact) mass is 776 g/mol. The number of carbonyl (C=O) groups is 6. The van der Waals surface area contributed by atoms with Crippen LogP contribution in [-0.4, -0.2) is 108 Å². The molecule has 1 aliphatic carbocycles. The third kappa shape index (κ3) is 9.01. The van der Waals surface area contributed by atoms with Crippen LogP contribution in [0.25, 0.3) is 11.1 Å². The van der Waals surface area contributed by atoms with Crippen molar-refractivity contribution in [3.8, 4) is 16.9 Å².